The highest BCUT2D eigenvalue weighted by Gasteiger charge is 2.14. The summed E-state index contributed by atoms with van der Waals surface area (Å²) in [6, 6.07) is 18.9. The Labute approximate surface area is 169 Å². The molecule has 0 bridgehead atoms. The molecule has 3 aromatic rings. The molecule has 1 N–H and O–H groups in total. The molecule has 0 aliphatic carbocycles. The van der Waals surface area contributed by atoms with Crippen LogP contribution in [-0.4, -0.2) is 34.7 Å². The molecule has 144 valence electrons. The van der Waals surface area contributed by atoms with Crippen molar-refractivity contribution >= 4 is 28.6 Å². The Morgan fingerprint density at radius 3 is 2.11 bits per heavy atom. The van der Waals surface area contributed by atoms with Crippen LogP contribution in [-0.2, 0) is 0 Å². The normalized spacial score (nSPS) is 10.6. The van der Waals surface area contributed by atoms with Crippen molar-refractivity contribution in [3.8, 4) is 5.69 Å². The van der Waals surface area contributed by atoms with E-state index >= 15 is 0 Å². The molecule has 0 fully saturated rings. The van der Waals surface area contributed by atoms with Crippen molar-refractivity contribution in [2.75, 3.05) is 19.4 Å². The van der Waals surface area contributed by atoms with Gasteiger partial charge in [-0.2, -0.15) is 0 Å². The third-order valence-electron chi connectivity index (χ3n) is 4.36. The van der Waals surface area contributed by atoms with Gasteiger partial charge in [0.25, 0.3) is 11.1 Å². The third-order valence-corrected chi connectivity index (χ3v) is 5.47. The van der Waals surface area contributed by atoms with Crippen LogP contribution < -0.4 is 5.32 Å². The monoisotopic (exact) mass is 393 g/mol. The van der Waals surface area contributed by atoms with Gasteiger partial charge in [-0.15, -0.1) is 0 Å². The van der Waals surface area contributed by atoms with Gasteiger partial charge in [0.15, 0.2) is 0 Å². The van der Waals surface area contributed by atoms with Gasteiger partial charge in [-0.3, -0.25) is 9.59 Å². The molecule has 0 saturated heterocycles. The number of carbonyl (C=O) groups is 2. The second-order valence-corrected chi connectivity index (χ2v) is 7.70. The average molecular weight is 394 g/mol. The Balaban J connectivity index is 1.78. The van der Waals surface area contributed by atoms with Gasteiger partial charge in [0.2, 0.25) is 0 Å². The molecule has 2 amide bonds. The van der Waals surface area contributed by atoms with Crippen LogP contribution in [0.2, 0.25) is 0 Å². The second kappa shape index (κ2) is 8.35. The summed E-state index contributed by atoms with van der Waals surface area (Å²) in [6.07, 6.45) is 0. The second-order valence-electron chi connectivity index (χ2n) is 6.71. The van der Waals surface area contributed by atoms with Gasteiger partial charge in [0, 0.05) is 41.6 Å². The number of benzene rings is 2. The van der Waals surface area contributed by atoms with E-state index in [1.807, 2.05) is 42.5 Å². The summed E-state index contributed by atoms with van der Waals surface area (Å²) >= 11 is 1.09. The van der Waals surface area contributed by atoms with Gasteiger partial charge < -0.3 is 14.8 Å². The topological polar surface area (TPSA) is 54.3 Å². The number of anilines is 1. The highest BCUT2D eigenvalue weighted by molar-refractivity contribution is 8.13. The molecule has 0 aliphatic rings. The quantitative estimate of drug-likeness (QED) is 0.626. The van der Waals surface area contributed by atoms with Crippen LogP contribution in [0.25, 0.3) is 5.69 Å². The van der Waals surface area contributed by atoms with E-state index in [4.69, 9.17) is 0 Å². The van der Waals surface area contributed by atoms with E-state index in [9.17, 15) is 9.59 Å². The van der Waals surface area contributed by atoms with Crippen molar-refractivity contribution in [1.29, 1.82) is 0 Å². The van der Waals surface area contributed by atoms with Crippen molar-refractivity contribution in [1.82, 2.24) is 9.47 Å². The standard InChI is InChI=1S/C22H23N3O2S/c1-15-9-10-16(2)25(15)18-13-11-17(12-14-18)21(26)23-19-7-5-6-8-20(19)28-22(27)24(3)4/h5-14H,1-4H3,(H,23,26). The van der Waals surface area contributed by atoms with E-state index in [0.29, 0.717) is 16.1 Å². The number of amides is 2. The fourth-order valence-corrected chi connectivity index (χ4v) is 3.62. The predicted molar refractivity (Wildman–Crippen MR) is 115 cm³/mol. The molecular weight excluding hydrogens is 370 g/mol. The summed E-state index contributed by atoms with van der Waals surface area (Å²) in [7, 11) is 3.40. The molecule has 0 unspecified atom stereocenters. The molecule has 3 rings (SSSR count). The van der Waals surface area contributed by atoms with Gasteiger partial charge >= 0.3 is 0 Å². The molecule has 2 aromatic carbocycles. The average Bonchev–Trinajstić information content (AvgIpc) is 3.01. The number of nitrogens with one attached hydrogen (secondary N) is 1. The lowest BCUT2D eigenvalue weighted by Crippen LogP contribution is -2.17. The molecular formula is C22H23N3O2S. The summed E-state index contributed by atoms with van der Waals surface area (Å²) in [5.74, 6) is -0.210. The van der Waals surface area contributed by atoms with E-state index < -0.39 is 0 Å². The predicted octanol–water partition coefficient (Wildman–Crippen LogP) is 5.12. The highest BCUT2D eigenvalue weighted by Crippen LogP contribution is 2.29. The van der Waals surface area contributed by atoms with E-state index in [1.54, 1.807) is 20.2 Å². The van der Waals surface area contributed by atoms with Crippen LogP contribution in [0, 0.1) is 13.8 Å². The molecule has 28 heavy (non-hydrogen) atoms. The Hall–Kier alpha value is -2.99. The van der Waals surface area contributed by atoms with Crippen molar-refractivity contribution in [2.45, 2.75) is 18.7 Å². The smallest absolute Gasteiger partial charge is 0.286 e. The molecule has 0 atom stereocenters. The van der Waals surface area contributed by atoms with Crippen LogP contribution in [0.3, 0.4) is 0 Å². The minimum atomic E-state index is -0.210. The number of rotatable bonds is 4. The first kappa shape index (κ1) is 19.8. The fourth-order valence-electron chi connectivity index (χ4n) is 2.88. The molecule has 6 heteroatoms. The number of hydrogen-bond donors (Lipinski definition) is 1. The summed E-state index contributed by atoms with van der Waals surface area (Å²) in [5, 5.41) is 2.82. The molecule has 0 spiro atoms. The largest absolute Gasteiger partial charge is 0.339 e. The van der Waals surface area contributed by atoms with E-state index in [0.717, 1.165) is 28.8 Å². The van der Waals surface area contributed by atoms with E-state index in [1.165, 1.54) is 4.90 Å². The first-order valence-electron chi connectivity index (χ1n) is 8.91. The van der Waals surface area contributed by atoms with Gasteiger partial charge in [0.1, 0.15) is 0 Å². The van der Waals surface area contributed by atoms with Gasteiger partial charge in [-0.25, -0.2) is 0 Å². The minimum Gasteiger partial charge on any atom is -0.339 e. The highest BCUT2D eigenvalue weighted by atomic mass is 32.2. The zero-order chi connectivity index (χ0) is 20.3. The Morgan fingerprint density at radius 1 is 0.893 bits per heavy atom. The summed E-state index contributed by atoms with van der Waals surface area (Å²) in [5.41, 5.74) is 4.49. The van der Waals surface area contributed by atoms with Gasteiger partial charge in [0.05, 0.1) is 5.69 Å². The maximum Gasteiger partial charge on any atom is 0.286 e. The summed E-state index contributed by atoms with van der Waals surface area (Å²) in [6.45, 7) is 4.11. The lowest BCUT2D eigenvalue weighted by Gasteiger charge is -2.13. The van der Waals surface area contributed by atoms with Crippen molar-refractivity contribution in [3.63, 3.8) is 0 Å². The van der Waals surface area contributed by atoms with Crippen LogP contribution in [0.1, 0.15) is 21.7 Å². The maximum atomic E-state index is 12.7. The van der Waals surface area contributed by atoms with E-state index in [2.05, 4.69) is 35.9 Å². The first-order valence-corrected chi connectivity index (χ1v) is 9.73. The molecule has 1 heterocycles. The number of para-hydroxylation sites is 1. The van der Waals surface area contributed by atoms with Crippen molar-refractivity contribution in [2.24, 2.45) is 0 Å². The first-order chi connectivity index (χ1) is 13.4. The lowest BCUT2D eigenvalue weighted by molar-refractivity contribution is 0.102. The number of thioether (sulfide) groups is 1. The SMILES string of the molecule is Cc1ccc(C)n1-c1ccc(C(=O)Nc2ccccc2SC(=O)N(C)C)cc1. The number of carbonyl (C=O) groups excluding carboxylic acids is 2. The Bertz CT molecular complexity index is 987. The van der Waals surface area contributed by atoms with E-state index in [-0.39, 0.29) is 11.1 Å². The minimum absolute atomic E-state index is 0.0940. The fraction of sp³-hybridized carbons (Fsp3) is 0.182. The zero-order valence-electron chi connectivity index (χ0n) is 16.4. The lowest BCUT2D eigenvalue weighted by atomic mass is 10.2. The molecule has 0 radical (unpaired) electrons. The van der Waals surface area contributed by atoms with Gasteiger partial charge in [-0.1, -0.05) is 12.1 Å². The number of aromatic nitrogens is 1. The van der Waals surface area contributed by atoms with Crippen molar-refractivity contribution in [3.05, 3.63) is 77.6 Å². The van der Waals surface area contributed by atoms with Crippen LogP contribution in [0.5, 0.6) is 0 Å². The summed E-state index contributed by atoms with van der Waals surface area (Å²) in [4.78, 5) is 26.9. The zero-order valence-corrected chi connectivity index (χ0v) is 17.2. The molecule has 1 aromatic heterocycles. The Morgan fingerprint density at radius 2 is 1.50 bits per heavy atom. The number of aryl methyl sites for hydroxylation is 2. The van der Waals surface area contributed by atoms with Gasteiger partial charge in [-0.05, 0) is 74.1 Å². The third kappa shape index (κ3) is 4.28. The molecule has 0 saturated carbocycles. The maximum absolute atomic E-state index is 12.7. The van der Waals surface area contributed by atoms with Crippen LogP contribution in [0.15, 0.2) is 65.6 Å². The van der Waals surface area contributed by atoms with Crippen LogP contribution in [0.4, 0.5) is 10.5 Å². The van der Waals surface area contributed by atoms with Crippen molar-refractivity contribution < 1.29 is 9.59 Å². The Kier molecular flexibility index (Phi) is 5.90. The number of nitrogens with zero attached hydrogens (tertiary/aromatic N) is 2. The molecule has 0 aliphatic heterocycles. The van der Waals surface area contributed by atoms with Crippen LogP contribution >= 0.6 is 11.8 Å². The molecule has 5 nitrogen and oxygen atoms in total. The number of hydrogen-bond acceptors (Lipinski definition) is 3. The summed E-state index contributed by atoms with van der Waals surface area (Å²) < 4.78 is 2.14.